The fraction of sp³-hybridized carbons (Fsp3) is 0.100. The Kier molecular flexibility index (Phi) is 2.00. The normalized spacial score (nSPS) is 10.2. The van der Waals surface area contributed by atoms with E-state index < -0.39 is 0 Å². The Morgan fingerprint density at radius 3 is 2.69 bits per heavy atom. The lowest BCUT2D eigenvalue weighted by atomic mass is 10.3. The summed E-state index contributed by atoms with van der Waals surface area (Å²) in [6, 6.07) is 8.03. The molecule has 0 aromatic carbocycles. The minimum atomic E-state index is 0.866. The minimum absolute atomic E-state index is 0.866. The third-order valence-corrected chi connectivity index (χ3v) is 1.91. The van der Waals surface area contributed by atoms with Gasteiger partial charge in [-0.25, -0.2) is 5.84 Å². The maximum Gasteiger partial charge on any atom is 0.204 e. The summed E-state index contributed by atoms with van der Waals surface area (Å²) >= 11 is 0. The van der Waals surface area contributed by atoms with E-state index in [4.69, 9.17) is 5.84 Å². The number of pyridine rings is 1. The van der Waals surface area contributed by atoms with E-state index in [0.29, 0.717) is 0 Å². The van der Waals surface area contributed by atoms with Gasteiger partial charge in [0.1, 0.15) is 0 Å². The monoisotopic (exact) mass is 174 g/mol. The summed E-state index contributed by atoms with van der Waals surface area (Å²) in [7, 11) is 0. The van der Waals surface area contributed by atoms with Gasteiger partial charge in [-0.3, -0.25) is 0 Å². The Balaban J connectivity index is 2.19. The van der Waals surface area contributed by atoms with Gasteiger partial charge in [-0.15, -0.1) is 0 Å². The molecule has 2 heterocycles. The van der Waals surface area contributed by atoms with Gasteiger partial charge in [0.2, 0.25) is 6.20 Å². The highest BCUT2D eigenvalue weighted by Crippen LogP contribution is 1.99. The molecule has 0 bridgehead atoms. The smallest absolute Gasteiger partial charge is 0.204 e. The lowest BCUT2D eigenvalue weighted by Gasteiger charge is -1.99. The van der Waals surface area contributed by atoms with Crippen LogP contribution in [0.4, 0.5) is 0 Å². The fourth-order valence-electron chi connectivity index (χ4n) is 1.32. The summed E-state index contributed by atoms with van der Waals surface area (Å²) in [5, 5.41) is 0. The van der Waals surface area contributed by atoms with Gasteiger partial charge in [-0.1, -0.05) is 4.68 Å². The van der Waals surface area contributed by atoms with Gasteiger partial charge in [0.25, 0.3) is 0 Å². The molecule has 2 aromatic rings. The number of aromatic nitrogens is 2. The van der Waals surface area contributed by atoms with Gasteiger partial charge in [-0.05, 0) is 18.2 Å². The van der Waals surface area contributed by atoms with Crippen molar-refractivity contribution in [1.29, 1.82) is 0 Å². The molecule has 13 heavy (non-hydrogen) atoms. The average molecular weight is 174 g/mol. The summed E-state index contributed by atoms with van der Waals surface area (Å²) < 4.78 is 3.67. The molecule has 0 saturated heterocycles. The molecule has 0 amide bonds. The van der Waals surface area contributed by atoms with Crippen LogP contribution in [0.1, 0.15) is 5.56 Å². The minimum Gasteiger partial charge on any atom is -0.350 e. The van der Waals surface area contributed by atoms with Crippen LogP contribution in [0.2, 0.25) is 0 Å². The van der Waals surface area contributed by atoms with Crippen LogP contribution in [0.25, 0.3) is 0 Å². The lowest BCUT2D eigenvalue weighted by Crippen LogP contribution is -2.43. The van der Waals surface area contributed by atoms with E-state index in [1.807, 2.05) is 43.0 Å². The zero-order chi connectivity index (χ0) is 9.10. The number of nitrogens with zero attached hydrogens (tertiary/aromatic N) is 2. The summed E-state index contributed by atoms with van der Waals surface area (Å²) in [5.41, 5.74) is 1.20. The molecule has 0 spiro atoms. The third-order valence-electron chi connectivity index (χ3n) is 1.91. The molecule has 0 unspecified atom stereocenters. The second-order valence-electron chi connectivity index (χ2n) is 3.01. The molecule has 3 heteroatoms. The SMILES string of the molecule is N[n+]1cccc(Cn2cccc2)c1. The number of nitrogen functional groups attached to an aromatic ring is 1. The van der Waals surface area contributed by atoms with Crippen molar-refractivity contribution in [2.75, 3.05) is 5.84 Å². The van der Waals surface area contributed by atoms with Gasteiger partial charge < -0.3 is 4.57 Å². The molecule has 0 aliphatic heterocycles. The van der Waals surface area contributed by atoms with Gasteiger partial charge in [0.15, 0.2) is 6.20 Å². The third kappa shape index (κ3) is 1.87. The number of nitrogens with two attached hydrogens (primary N) is 1. The van der Waals surface area contributed by atoms with Crippen LogP contribution in [0, 0.1) is 0 Å². The molecule has 66 valence electrons. The standard InChI is InChI=1S/C10H12N3/c11-13-7-3-4-10(9-13)8-12-5-1-2-6-12/h1-7,9H,8,11H2/q+1. The summed E-state index contributed by atoms with van der Waals surface area (Å²) in [4.78, 5) is 0. The zero-order valence-electron chi connectivity index (χ0n) is 7.30. The first-order chi connectivity index (χ1) is 6.34. The van der Waals surface area contributed by atoms with Crippen molar-refractivity contribution in [2.45, 2.75) is 6.54 Å². The molecule has 2 rings (SSSR count). The van der Waals surface area contributed by atoms with E-state index in [-0.39, 0.29) is 0 Å². The van der Waals surface area contributed by atoms with Crippen LogP contribution in [-0.4, -0.2) is 4.57 Å². The summed E-state index contributed by atoms with van der Waals surface area (Å²) in [6.07, 6.45) is 7.81. The Morgan fingerprint density at radius 1 is 1.23 bits per heavy atom. The predicted molar refractivity (Wildman–Crippen MR) is 50.3 cm³/mol. The van der Waals surface area contributed by atoms with Crippen LogP contribution >= 0.6 is 0 Å². The molecule has 0 fully saturated rings. The molecular formula is C10H12N3+. The average Bonchev–Trinajstić information content (AvgIpc) is 2.57. The molecule has 2 N–H and O–H groups in total. The summed E-state index contributed by atoms with van der Waals surface area (Å²) in [5.74, 6) is 5.59. The zero-order valence-corrected chi connectivity index (χ0v) is 7.30. The number of hydrogen-bond donors (Lipinski definition) is 1. The van der Waals surface area contributed by atoms with Crippen LogP contribution in [0.3, 0.4) is 0 Å². The van der Waals surface area contributed by atoms with Gasteiger partial charge >= 0.3 is 0 Å². The van der Waals surface area contributed by atoms with Crippen LogP contribution < -0.4 is 10.5 Å². The first kappa shape index (κ1) is 7.86. The molecule has 0 atom stereocenters. The first-order valence-corrected chi connectivity index (χ1v) is 4.20. The number of hydrogen-bond acceptors (Lipinski definition) is 1. The Morgan fingerprint density at radius 2 is 2.00 bits per heavy atom. The fourth-order valence-corrected chi connectivity index (χ4v) is 1.32. The van der Waals surface area contributed by atoms with Crippen molar-refractivity contribution in [3.8, 4) is 0 Å². The van der Waals surface area contributed by atoms with Crippen molar-refractivity contribution < 1.29 is 4.68 Å². The molecule has 0 saturated carbocycles. The quantitative estimate of drug-likeness (QED) is 0.523. The van der Waals surface area contributed by atoms with Crippen molar-refractivity contribution >= 4 is 0 Å². The van der Waals surface area contributed by atoms with E-state index in [9.17, 15) is 0 Å². The molecule has 0 radical (unpaired) electrons. The highest BCUT2D eigenvalue weighted by Gasteiger charge is 1.98. The molecular weight excluding hydrogens is 162 g/mol. The largest absolute Gasteiger partial charge is 0.350 e. The molecule has 0 aliphatic rings. The first-order valence-electron chi connectivity index (χ1n) is 4.20. The van der Waals surface area contributed by atoms with Crippen LogP contribution in [0.5, 0.6) is 0 Å². The van der Waals surface area contributed by atoms with Crippen LogP contribution in [-0.2, 0) is 6.54 Å². The van der Waals surface area contributed by atoms with Gasteiger partial charge in [0, 0.05) is 24.0 Å². The second-order valence-corrected chi connectivity index (χ2v) is 3.01. The Bertz CT molecular complexity index is 379. The van der Waals surface area contributed by atoms with Crippen LogP contribution in [0.15, 0.2) is 49.1 Å². The van der Waals surface area contributed by atoms with Crippen molar-refractivity contribution in [2.24, 2.45) is 0 Å². The van der Waals surface area contributed by atoms with E-state index in [1.165, 1.54) is 5.56 Å². The highest BCUT2D eigenvalue weighted by molar-refractivity contribution is 5.07. The Labute approximate surface area is 77.0 Å². The van der Waals surface area contributed by atoms with Crippen molar-refractivity contribution in [3.63, 3.8) is 0 Å². The van der Waals surface area contributed by atoms with Crippen molar-refractivity contribution in [1.82, 2.24) is 4.57 Å². The maximum atomic E-state index is 5.59. The van der Waals surface area contributed by atoms with Gasteiger partial charge in [-0.2, -0.15) is 0 Å². The molecule has 0 aliphatic carbocycles. The number of rotatable bonds is 2. The second kappa shape index (κ2) is 3.31. The van der Waals surface area contributed by atoms with E-state index in [1.54, 1.807) is 4.68 Å². The topological polar surface area (TPSA) is 34.8 Å². The Hall–Kier alpha value is -1.77. The predicted octanol–water partition coefficient (Wildman–Crippen LogP) is 0.538. The van der Waals surface area contributed by atoms with E-state index in [2.05, 4.69) is 10.6 Å². The van der Waals surface area contributed by atoms with Crippen molar-refractivity contribution in [3.05, 3.63) is 54.6 Å². The molecule has 2 aromatic heterocycles. The van der Waals surface area contributed by atoms with Gasteiger partial charge in [0.05, 0.1) is 6.54 Å². The summed E-state index contributed by atoms with van der Waals surface area (Å²) in [6.45, 7) is 0.866. The lowest BCUT2D eigenvalue weighted by molar-refractivity contribution is -0.639. The maximum absolute atomic E-state index is 5.59. The molecule has 3 nitrogen and oxygen atoms in total. The highest BCUT2D eigenvalue weighted by atomic mass is 15.3. The van der Waals surface area contributed by atoms with E-state index >= 15 is 0 Å². The van der Waals surface area contributed by atoms with E-state index in [0.717, 1.165) is 6.54 Å².